The van der Waals surface area contributed by atoms with Gasteiger partial charge in [0.25, 0.3) is 5.69 Å². The van der Waals surface area contributed by atoms with Crippen molar-refractivity contribution in [2.45, 2.75) is 12.8 Å². The van der Waals surface area contributed by atoms with Crippen molar-refractivity contribution in [2.24, 2.45) is 5.92 Å². The maximum Gasteiger partial charge on any atom is 0.292 e. The van der Waals surface area contributed by atoms with Gasteiger partial charge in [-0.15, -0.1) is 0 Å². The molecule has 2 aliphatic heterocycles. The van der Waals surface area contributed by atoms with E-state index in [-0.39, 0.29) is 22.4 Å². The van der Waals surface area contributed by atoms with Crippen molar-refractivity contribution in [2.75, 3.05) is 54.5 Å². The Hall–Kier alpha value is -3.20. The molecule has 2 aromatic rings. The van der Waals surface area contributed by atoms with Gasteiger partial charge in [0.2, 0.25) is 5.91 Å². The molecular weight excluding hydrogens is 386 g/mol. The van der Waals surface area contributed by atoms with E-state index in [2.05, 4.69) is 15.2 Å². The average Bonchev–Trinajstić information content (AvgIpc) is 2.80. The monoisotopic (exact) mass is 411 g/mol. The zero-order chi connectivity index (χ0) is 20.9. The van der Waals surface area contributed by atoms with Gasteiger partial charge in [0, 0.05) is 38.2 Å². The summed E-state index contributed by atoms with van der Waals surface area (Å²) in [5.41, 5.74) is 1.40. The first-order chi connectivity index (χ1) is 14.6. The summed E-state index contributed by atoms with van der Waals surface area (Å²) in [5.74, 6) is 0.732. The van der Waals surface area contributed by atoms with Crippen LogP contribution in [-0.2, 0) is 9.53 Å². The number of carbonyl (C=O) groups is 1. The first kappa shape index (κ1) is 20.1. The summed E-state index contributed by atoms with van der Waals surface area (Å²) in [6.45, 7) is 4.25. The number of hydrogen-bond acceptors (Lipinski definition) is 7. The second-order valence-corrected chi connectivity index (χ2v) is 7.50. The molecule has 0 atom stereocenters. The number of benzene rings is 1. The fraction of sp³-hybridized carbons (Fsp3) is 0.429. The van der Waals surface area contributed by atoms with Gasteiger partial charge in [0.15, 0.2) is 0 Å². The molecule has 0 aliphatic carbocycles. The number of aromatic nitrogens is 1. The normalized spacial score (nSPS) is 17.6. The topological polar surface area (TPSA) is 101 Å². The highest BCUT2D eigenvalue weighted by atomic mass is 16.6. The zero-order valence-corrected chi connectivity index (χ0v) is 16.7. The van der Waals surface area contributed by atoms with Crippen molar-refractivity contribution in [1.29, 1.82) is 0 Å². The van der Waals surface area contributed by atoms with Crippen LogP contribution in [0.2, 0.25) is 0 Å². The number of para-hydroxylation sites is 2. The van der Waals surface area contributed by atoms with Gasteiger partial charge in [-0.1, -0.05) is 12.1 Å². The van der Waals surface area contributed by atoms with E-state index < -0.39 is 0 Å². The molecule has 3 heterocycles. The summed E-state index contributed by atoms with van der Waals surface area (Å²) >= 11 is 0. The summed E-state index contributed by atoms with van der Waals surface area (Å²) in [6, 6.07) is 10.5. The predicted molar refractivity (Wildman–Crippen MR) is 114 cm³/mol. The van der Waals surface area contributed by atoms with Crippen molar-refractivity contribution >= 4 is 28.8 Å². The first-order valence-corrected chi connectivity index (χ1v) is 10.2. The molecule has 30 heavy (non-hydrogen) atoms. The molecule has 0 saturated carbocycles. The van der Waals surface area contributed by atoms with Crippen LogP contribution in [0.5, 0.6) is 0 Å². The lowest BCUT2D eigenvalue weighted by molar-refractivity contribution is -0.384. The van der Waals surface area contributed by atoms with E-state index in [1.807, 2.05) is 17.0 Å². The van der Waals surface area contributed by atoms with Crippen molar-refractivity contribution in [3.8, 4) is 0 Å². The highest BCUT2D eigenvalue weighted by molar-refractivity contribution is 5.92. The maximum absolute atomic E-state index is 12.7. The van der Waals surface area contributed by atoms with Crippen LogP contribution in [0.4, 0.5) is 22.9 Å². The number of ether oxygens (including phenoxy) is 1. The second-order valence-electron chi connectivity index (χ2n) is 7.50. The number of hydrogen-bond donors (Lipinski definition) is 1. The molecule has 4 rings (SSSR count). The number of morpholine rings is 1. The third-order valence-corrected chi connectivity index (χ3v) is 5.64. The molecule has 9 nitrogen and oxygen atoms in total. The Labute approximate surface area is 174 Å². The van der Waals surface area contributed by atoms with Gasteiger partial charge in [-0.25, -0.2) is 4.98 Å². The minimum absolute atomic E-state index is 0.0295. The Morgan fingerprint density at radius 2 is 1.80 bits per heavy atom. The molecule has 0 unspecified atom stereocenters. The lowest BCUT2D eigenvalue weighted by Gasteiger charge is -2.32. The summed E-state index contributed by atoms with van der Waals surface area (Å²) < 4.78 is 5.36. The number of piperidine rings is 1. The third-order valence-electron chi connectivity index (χ3n) is 5.64. The van der Waals surface area contributed by atoms with Gasteiger partial charge in [-0.3, -0.25) is 14.9 Å². The molecule has 2 saturated heterocycles. The van der Waals surface area contributed by atoms with E-state index in [0.29, 0.717) is 50.5 Å². The Morgan fingerprint density at radius 3 is 2.47 bits per heavy atom. The minimum atomic E-state index is -0.359. The number of pyridine rings is 1. The molecule has 1 aromatic carbocycles. The highest BCUT2D eigenvalue weighted by Gasteiger charge is 2.28. The lowest BCUT2D eigenvalue weighted by atomic mass is 9.95. The SMILES string of the molecule is O=C(Nc1ccc(N2CCOCC2)nc1)C1CCN(c2ccccc2[N+](=O)[O-])CC1. The van der Waals surface area contributed by atoms with E-state index in [4.69, 9.17) is 4.74 Å². The van der Waals surface area contributed by atoms with E-state index in [9.17, 15) is 14.9 Å². The average molecular weight is 411 g/mol. The molecule has 2 fully saturated rings. The number of rotatable bonds is 5. The Bertz CT molecular complexity index is 891. The predicted octanol–water partition coefficient (Wildman–Crippen LogP) is 2.68. The number of nitrogens with one attached hydrogen (secondary N) is 1. The van der Waals surface area contributed by atoms with Gasteiger partial charge in [0.1, 0.15) is 11.5 Å². The largest absolute Gasteiger partial charge is 0.378 e. The summed E-state index contributed by atoms with van der Waals surface area (Å²) in [6.07, 6.45) is 2.99. The first-order valence-electron chi connectivity index (χ1n) is 10.2. The molecule has 0 radical (unpaired) electrons. The van der Waals surface area contributed by atoms with Crippen LogP contribution in [0.1, 0.15) is 12.8 Å². The molecule has 1 amide bonds. The van der Waals surface area contributed by atoms with Crippen LogP contribution >= 0.6 is 0 Å². The maximum atomic E-state index is 12.7. The summed E-state index contributed by atoms with van der Waals surface area (Å²) in [5, 5.41) is 14.2. The van der Waals surface area contributed by atoms with Gasteiger partial charge in [-0.2, -0.15) is 0 Å². The standard InChI is InChI=1S/C21H25N5O4/c27-21(23-17-5-6-20(22-15-17)25-11-13-30-14-12-25)16-7-9-24(10-8-16)18-3-1-2-4-19(18)26(28)29/h1-6,15-16H,7-14H2,(H,23,27). The second kappa shape index (κ2) is 9.08. The van der Waals surface area contributed by atoms with Crippen LogP contribution in [0.25, 0.3) is 0 Å². The van der Waals surface area contributed by atoms with Gasteiger partial charge < -0.3 is 19.9 Å². The number of amides is 1. The number of nitro groups is 1. The molecule has 2 aliphatic rings. The van der Waals surface area contributed by atoms with Crippen molar-refractivity contribution in [3.63, 3.8) is 0 Å². The Balaban J connectivity index is 1.32. The van der Waals surface area contributed by atoms with Gasteiger partial charge in [-0.05, 0) is 31.0 Å². The third kappa shape index (κ3) is 4.51. The lowest BCUT2D eigenvalue weighted by Crippen LogP contribution is -2.38. The molecular formula is C21H25N5O4. The number of carbonyl (C=O) groups excluding carboxylic acids is 1. The summed E-state index contributed by atoms with van der Waals surface area (Å²) in [7, 11) is 0. The Morgan fingerprint density at radius 1 is 1.07 bits per heavy atom. The van der Waals surface area contributed by atoms with Crippen LogP contribution in [0.15, 0.2) is 42.6 Å². The van der Waals surface area contributed by atoms with Gasteiger partial charge in [0.05, 0.1) is 30.0 Å². The molecule has 0 spiro atoms. The van der Waals surface area contributed by atoms with E-state index in [1.165, 1.54) is 6.07 Å². The quantitative estimate of drug-likeness (QED) is 0.596. The van der Waals surface area contributed by atoms with E-state index in [0.717, 1.165) is 18.9 Å². The Kier molecular flexibility index (Phi) is 6.08. The fourth-order valence-electron chi connectivity index (χ4n) is 3.95. The fourth-order valence-corrected chi connectivity index (χ4v) is 3.95. The summed E-state index contributed by atoms with van der Waals surface area (Å²) in [4.78, 5) is 32.2. The molecule has 9 heteroatoms. The number of anilines is 3. The van der Waals surface area contributed by atoms with E-state index >= 15 is 0 Å². The molecule has 158 valence electrons. The smallest absolute Gasteiger partial charge is 0.292 e. The van der Waals surface area contributed by atoms with Crippen molar-refractivity contribution < 1.29 is 14.5 Å². The highest BCUT2D eigenvalue weighted by Crippen LogP contribution is 2.31. The zero-order valence-electron chi connectivity index (χ0n) is 16.7. The van der Waals surface area contributed by atoms with Crippen LogP contribution in [-0.4, -0.2) is 55.2 Å². The van der Waals surface area contributed by atoms with E-state index in [1.54, 1.807) is 24.4 Å². The molecule has 1 N–H and O–H groups in total. The van der Waals surface area contributed by atoms with Crippen LogP contribution in [0, 0.1) is 16.0 Å². The minimum Gasteiger partial charge on any atom is -0.378 e. The number of nitro benzene ring substituents is 1. The van der Waals surface area contributed by atoms with Crippen molar-refractivity contribution in [1.82, 2.24) is 4.98 Å². The molecule has 1 aromatic heterocycles. The van der Waals surface area contributed by atoms with Crippen LogP contribution < -0.4 is 15.1 Å². The molecule has 0 bridgehead atoms. The van der Waals surface area contributed by atoms with Crippen molar-refractivity contribution in [3.05, 3.63) is 52.7 Å². The van der Waals surface area contributed by atoms with Gasteiger partial charge >= 0.3 is 0 Å². The van der Waals surface area contributed by atoms with Crippen LogP contribution in [0.3, 0.4) is 0 Å². The number of nitrogens with zero attached hydrogens (tertiary/aromatic N) is 4.